The minimum Gasteiger partial charge on any atom is -0.375 e. The summed E-state index contributed by atoms with van der Waals surface area (Å²) in [4.78, 5) is 13.8. The van der Waals surface area contributed by atoms with Gasteiger partial charge in [-0.15, -0.1) is 0 Å². The first-order valence-electron chi connectivity index (χ1n) is 6.46. The van der Waals surface area contributed by atoms with Crippen molar-refractivity contribution >= 4 is 21.8 Å². The van der Waals surface area contributed by atoms with Crippen molar-refractivity contribution in [2.45, 2.75) is 19.1 Å². The molecule has 0 bridgehead atoms. The minimum atomic E-state index is 0.00798. The number of benzene rings is 1. The molecule has 2 rings (SSSR count). The second-order valence-corrected chi connectivity index (χ2v) is 5.69. The van der Waals surface area contributed by atoms with Crippen LogP contribution in [0.15, 0.2) is 28.7 Å². The van der Waals surface area contributed by atoms with Crippen LogP contribution < -0.4 is 5.32 Å². The molecule has 0 aliphatic carbocycles. The first-order chi connectivity index (χ1) is 9.15. The van der Waals surface area contributed by atoms with Crippen molar-refractivity contribution in [1.82, 2.24) is 10.2 Å². The normalized spacial score (nSPS) is 19.2. The maximum Gasteiger partial charge on any atom is 0.225 e. The summed E-state index contributed by atoms with van der Waals surface area (Å²) in [6, 6.07) is 8.02. The predicted octanol–water partition coefficient (Wildman–Crippen LogP) is 1.79. The van der Waals surface area contributed by atoms with E-state index in [1.165, 1.54) is 0 Å². The number of ether oxygens (including phenoxy) is 1. The molecule has 1 aliphatic heterocycles. The molecule has 19 heavy (non-hydrogen) atoms. The molecule has 1 unspecified atom stereocenters. The number of carbonyl (C=O) groups is 1. The number of hydrogen-bond donors (Lipinski definition) is 1. The predicted molar refractivity (Wildman–Crippen MR) is 77.8 cm³/mol. The highest BCUT2D eigenvalue weighted by Gasteiger charge is 2.19. The summed E-state index contributed by atoms with van der Waals surface area (Å²) in [6.07, 6.45) is 0.452. The quantitative estimate of drug-likeness (QED) is 0.917. The largest absolute Gasteiger partial charge is 0.375 e. The highest BCUT2D eigenvalue weighted by Crippen LogP contribution is 2.12. The van der Waals surface area contributed by atoms with E-state index in [-0.39, 0.29) is 12.0 Å². The van der Waals surface area contributed by atoms with Crippen molar-refractivity contribution in [2.75, 3.05) is 26.7 Å². The Balaban J connectivity index is 1.83. The number of nitrogens with zero attached hydrogens (tertiary/aromatic N) is 1. The summed E-state index contributed by atoms with van der Waals surface area (Å²) in [5, 5.41) is 3.23. The molecule has 1 aromatic rings. The van der Waals surface area contributed by atoms with Crippen LogP contribution in [0.3, 0.4) is 0 Å². The van der Waals surface area contributed by atoms with E-state index in [9.17, 15) is 4.79 Å². The zero-order valence-electron chi connectivity index (χ0n) is 11.1. The third-order valence-electron chi connectivity index (χ3n) is 3.17. The molecular weight excluding hydrogens is 308 g/mol. The van der Waals surface area contributed by atoms with Gasteiger partial charge in [0.1, 0.15) is 0 Å². The number of rotatable bonds is 4. The molecule has 104 valence electrons. The average Bonchev–Trinajstić information content (AvgIpc) is 2.42. The topological polar surface area (TPSA) is 41.6 Å². The number of morpholine rings is 1. The van der Waals surface area contributed by atoms with Gasteiger partial charge in [0.05, 0.1) is 19.1 Å². The van der Waals surface area contributed by atoms with E-state index in [4.69, 9.17) is 4.74 Å². The molecule has 0 saturated carbocycles. The molecule has 1 amide bonds. The smallest absolute Gasteiger partial charge is 0.225 e. The summed E-state index contributed by atoms with van der Waals surface area (Å²) in [5.41, 5.74) is 1.13. The third-order valence-corrected chi connectivity index (χ3v) is 3.69. The van der Waals surface area contributed by atoms with Crippen molar-refractivity contribution < 1.29 is 9.53 Å². The SMILES string of the molecule is CN(Cc1ccc(Br)cc1)C(=O)CC1CNCCO1. The van der Waals surface area contributed by atoms with Crippen LogP contribution in [0.4, 0.5) is 0 Å². The highest BCUT2D eigenvalue weighted by atomic mass is 79.9. The zero-order valence-corrected chi connectivity index (χ0v) is 12.6. The van der Waals surface area contributed by atoms with E-state index < -0.39 is 0 Å². The molecular formula is C14H19BrN2O2. The Morgan fingerprint density at radius 2 is 2.21 bits per heavy atom. The van der Waals surface area contributed by atoms with Gasteiger partial charge in [-0.1, -0.05) is 28.1 Å². The molecule has 1 aliphatic rings. The number of amides is 1. The van der Waals surface area contributed by atoms with Gasteiger partial charge in [0.2, 0.25) is 5.91 Å². The first-order valence-corrected chi connectivity index (χ1v) is 7.25. The second kappa shape index (κ2) is 7.03. The summed E-state index contributed by atoms with van der Waals surface area (Å²) in [5.74, 6) is 0.122. The van der Waals surface area contributed by atoms with Crippen LogP contribution >= 0.6 is 15.9 Å². The summed E-state index contributed by atoms with van der Waals surface area (Å²) in [6.45, 7) is 2.96. The van der Waals surface area contributed by atoms with Crippen LogP contribution in [0, 0.1) is 0 Å². The molecule has 1 N–H and O–H groups in total. The Morgan fingerprint density at radius 1 is 1.47 bits per heavy atom. The van der Waals surface area contributed by atoms with Gasteiger partial charge in [-0.2, -0.15) is 0 Å². The molecule has 4 nitrogen and oxygen atoms in total. The molecule has 1 aromatic carbocycles. The summed E-state index contributed by atoms with van der Waals surface area (Å²) < 4.78 is 6.60. The molecule has 1 atom stereocenters. The maximum absolute atomic E-state index is 12.1. The Kier molecular flexibility index (Phi) is 5.36. The average molecular weight is 327 g/mol. The number of carbonyl (C=O) groups excluding carboxylic acids is 1. The van der Waals surface area contributed by atoms with Gasteiger partial charge in [0, 0.05) is 31.2 Å². The highest BCUT2D eigenvalue weighted by molar-refractivity contribution is 9.10. The lowest BCUT2D eigenvalue weighted by molar-refractivity contribution is -0.133. The second-order valence-electron chi connectivity index (χ2n) is 4.78. The summed E-state index contributed by atoms with van der Waals surface area (Å²) >= 11 is 3.40. The van der Waals surface area contributed by atoms with E-state index in [1.807, 2.05) is 31.3 Å². The summed E-state index contributed by atoms with van der Waals surface area (Å²) in [7, 11) is 1.83. The van der Waals surface area contributed by atoms with Gasteiger partial charge in [-0.25, -0.2) is 0 Å². The lowest BCUT2D eigenvalue weighted by atomic mass is 10.2. The first kappa shape index (κ1) is 14.5. The molecule has 5 heteroatoms. The van der Waals surface area contributed by atoms with E-state index >= 15 is 0 Å². The molecule has 0 spiro atoms. The van der Waals surface area contributed by atoms with Gasteiger partial charge in [0.25, 0.3) is 0 Å². The van der Waals surface area contributed by atoms with Crippen LogP contribution in [0.5, 0.6) is 0 Å². The molecule has 0 radical (unpaired) electrons. The van der Waals surface area contributed by atoms with E-state index in [1.54, 1.807) is 4.90 Å². The van der Waals surface area contributed by atoms with Crippen molar-refractivity contribution in [1.29, 1.82) is 0 Å². The Hall–Kier alpha value is -0.910. The fraction of sp³-hybridized carbons (Fsp3) is 0.500. The third kappa shape index (κ3) is 4.60. The maximum atomic E-state index is 12.1. The van der Waals surface area contributed by atoms with Crippen molar-refractivity contribution in [3.05, 3.63) is 34.3 Å². The monoisotopic (exact) mass is 326 g/mol. The van der Waals surface area contributed by atoms with E-state index in [0.717, 1.165) is 23.1 Å². The van der Waals surface area contributed by atoms with Crippen LogP contribution in [0.25, 0.3) is 0 Å². The lowest BCUT2D eigenvalue weighted by Gasteiger charge is -2.25. The molecule has 1 heterocycles. The van der Waals surface area contributed by atoms with Crippen LogP contribution in [0.2, 0.25) is 0 Å². The van der Waals surface area contributed by atoms with E-state index in [2.05, 4.69) is 21.2 Å². The van der Waals surface area contributed by atoms with Crippen molar-refractivity contribution in [3.63, 3.8) is 0 Å². The van der Waals surface area contributed by atoms with Crippen LogP contribution in [0.1, 0.15) is 12.0 Å². The minimum absolute atomic E-state index is 0.00798. The molecule has 1 fully saturated rings. The number of nitrogens with one attached hydrogen (secondary N) is 1. The van der Waals surface area contributed by atoms with Gasteiger partial charge in [-0.3, -0.25) is 4.79 Å². The van der Waals surface area contributed by atoms with Crippen LogP contribution in [-0.2, 0) is 16.1 Å². The Bertz CT molecular complexity index is 416. The van der Waals surface area contributed by atoms with Gasteiger partial charge in [0.15, 0.2) is 0 Å². The zero-order chi connectivity index (χ0) is 13.7. The Labute approximate surface area is 122 Å². The van der Waals surface area contributed by atoms with Gasteiger partial charge < -0.3 is 15.0 Å². The van der Waals surface area contributed by atoms with Crippen molar-refractivity contribution in [2.24, 2.45) is 0 Å². The van der Waals surface area contributed by atoms with Gasteiger partial charge >= 0.3 is 0 Å². The number of halogens is 1. The van der Waals surface area contributed by atoms with Crippen molar-refractivity contribution in [3.8, 4) is 0 Å². The van der Waals surface area contributed by atoms with E-state index in [0.29, 0.717) is 19.6 Å². The number of hydrogen-bond acceptors (Lipinski definition) is 3. The van der Waals surface area contributed by atoms with Gasteiger partial charge in [-0.05, 0) is 17.7 Å². The van der Waals surface area contributed by atoms with Crippen LogP contribution in [-0.4, -0.2) is 43.7 Å². The standard InChI is InChI=1S/C14H19BrN2O2/c1-17(10-11-2-4-12(15)5-3-11)14(18)8-13-9-16-6-7-19-13/h2-5,13,16H,6-10H2,1H3. The fourth-order valence-corrected chi connectivity index (χ4v) is 2.32. The Morgan fingerprint density at radius 3 is 2.84 bits per heavy atom. The molecule has 0 aromatic heterocycles. The molecule has 1 saturated heterocycles. The lowest BCUT2D eigenvalue weighted by Crippen LogP contribution is -2.41. The fourth-order valence-electron chi connectivity index (χ4n) is 2.05.